The molecule has 0 fully saturated rings. The largest absolute Gasteiger partial charge is 0.339 e. The van der Waals surface area contributed by atoms with Crippen LogP contribution in [0.5, 0.6) is 0 Å². The number of rotatable bonds is 3. The van der Waals surface area contributed by atoms with Crippen molar-refractivity contribution >= 4 is 17.7 Å². The van der Waals surface area contributed by atoms with Crippen molar-refractivity contribution in [3.63, 3.8) is 0 Å². The first kappa shape index (κ1) is 21.6. The van der Waals surface area contributed by atoms with Crippen molar-refractivity contribution in [3.8, 4) is 11.4 Å². The monoisotopic (exact) mass is 483 g/mol. The van der Waals surface area contributed by atoms with Gasteiger partial charge in [-0.2, -0.15) is 10.1 Å². The Morgan fingerprint density at radius 2 is 1.57 bits per heavy atom. The number of nitrogens with zero attached hydrogens (tertiary/aromatic N) is 3. The quantitative estimate of drug-likeness (QED) is 0.322. The van der Waals surface area contributed by atoms with Gasteiger partial charge in [-0.25, -0.2) is 9.50 Å². The van der Waals surface area contributed by atoms with Crippen molar-refractivity contribution in [1.82, 2.24) is 19.6 Å². The van der Waals surface area contributed by atoms with E-state index in [0.717, 1.165) is 36.1 Å². The van der Waals surface area contributed by atoms with E-state index in [4.69, 9.17) is 4.98 Å². The lowest BCUT2D eigenvalue weighted by molar-refractivity contribution is 0.699. The van der Waals surface area contributed by atoms with E-state index in [1.54, 1.807) is 4.40 Å². The number of anilines is 1. The lowest BCUT2D eigenvalue weighted by Crippen LogP contribution is -2.31. The maximum absolute atomic E-state index is 14.2. The number of hydrogen-bond donors (Lipinski definition) is 2. The average Bonchev–Trinajstić information content (AvgIpc) is 3.38. The maximum Gasteiger partial charge on any atom is 0.267 e. The minimum Gasteiger partial charge on any atom is -0.339 e. The predicted molar refractivity (Wildman–Crippen MR) is 146 cm³/mol. The molecule has 2 aromatic heterocycles. The molecule has 0 saturated carbocycles. The lowest BCUT2D eigenvalue weighted by atomic mass is 9.75. The molecule has 37 heavy (non-hydrogen) atoms. The molecule has 180 valence electrons. The summed E-state index contributed by atoms with van der Waals surface area (Å²) in [5, 5.41) is 11.1. The highest BCUT2D eigenvalue weighted by Crippen LogP contribution is 2.46. The van der Waals surface area contributed by atoms with Crippen molar-refractivity contribution in [2.24, 2.45) is 0 Å². The van der Waals surface area contributed by atoms with E-state index in [1.807, 2.05) is 54.6 Å². The van der Waals surface area contributed by atoms with Crippen LogP contribution >= 0.6 is 0 Å². The molecule has 1 atom stereocenters. The second-order valence-corrected chi connectivity index (χ2v) is 9.55. The highest BCUT2D eigenvalue weighted by Gasteiger charge is 2.36. The Balaban J connectivity index is 1.47. The summed E-state index contributed by atoms with van der Waals surface area (Å²) < 4.78 is 1.61. The van der Waals surface area contributed by atoms with Crippen LogP contribution in [0.3, 0.4) is 0 Å². The lowest BCUT2D eigenvalue weighted by Gasteiger charge is -2.35. The number of allylic oxidation sites excluding steroid dienone is 2. The Morgan fingerprint density at radius 3 is 2.32 bits per heavy atom. The van der Waals surface area contributed by atoms with E-state index in [9.17, 15) is 4.79 Å². The number of aromatic amines is 1. The molecule has 1 unspecified atom stereocenters. The maximum atomic E-state index is 14.2. The highest BCUT2D eigenvalue weighted by atomic mass is 16.1. The molecule has 0 saturated heterocycles. The smallest absolute Gasteiger partial charge is 0.267 e. The van der Waals surface area contributed by atoms with E-state index < -0.39 is 0 Å². The fraction of sp³-hybridized carbons (Fsp3) is 0.129. The predicted octanol–water partition coefficient (Wildman–Crippen LogP) is 6.16. The zero-order valence-electron chi connectivity index (χ0n) is 20.2. The molecule has 1 aliphatic heterocycles. The molecule has 0 spiro atoms. The first-order valence-electron chi connectivity index (χ1n) is 12.7. The second-order valence-electron chi connectivity index (χ2n) is 9.55. The molecule has 3 aromatic carbocycles. The van der Waals surface area contributed by atoms with Gasteiger partial charge < -0.3 is 5.32 Å². The van der Waals surface area contributed by atoms with Gasteiger partial charge >= 0.3 is 0 Å². The van der Waals surface area contributed by atoms with Crippen LogP contribution in [-0.2, 0) is 0 Å². The van der Waals surface area contributed by atoms with Crippen LogP contribution in [0.15, 0.2) is 113 Å². The Labute approximate surface area is 214 Å². The molecule has 7 rings (SSSR count). The number of benzene rings is 3. The van der Waals surface area contributed by atoms with Gasteiger partial charge in [0.15, 0.2) is 5.82 Å². The van der Waals surface area contributed by atoms with E-state index in [0.29, 0.717) is 23.0 Å². The molecule has 2 aliphatic rings. The first-order chi connectivity index (χ1) is 18.3. The standard InChI is InChI=1S/C31H25N5O/c37-30-26-25(21-13-6-2-7-14-21)24-18-10-17-23(19-20-11-4-1-5-12-20)27(24)32-28(26)33-31-35-34-29(36(30)31)22-15-8-3-9-16-22/h1-9,11-16,19,25,32H,10,17-18H2,(H,33,35)/b23-19+. The van der Waals surface area contributed by atoms with Crippen LogP contribution in [-0.4, -0.2) is 19.6 Å². The molecule has 1 aliphatic carbocycles. The minimum atomic E-state index is -0.178. The van der Waals surface area contributed by atoms with E-state index in [2.05, 4.69) is 58.0 Å². The Morgan fingerprint density at radius 1 is 0.865 bits per heavy atom. The van der Waals surface area contributed by atoms with Crippen LogP contribution in [0.2, 0.25) is 0 Å². The molecular weight excluding hydrogens is 458 g/mol. The first-order valence-corrected chi connectivity index (χ1v) is 12.7. The fourth-order valence-corrected chi connectivity index (χ4v) is 5.67. The Bertz CT molecular complexity index is 1730. The van der Waals surface area contributed by atoms with Crippen molar-refractivity contribution in [1.29, 1.82) is 0 Å². The van der Waals surface area contributed by atoms with Crippen molar-refractivity contribution in [3.05, 3.63) is 135 Å². The minimum absolute atomic E-state index is 0.0975. The van der Waals surface area contributed by atoms with Crippen LogP contribution in [0.25, 0.3) is 23.2 Å². The molecule has 3 heterocycles. The van der Waals surface area contributed by atoms with Crippen molar-refractivity contribution < 1.29 is 0 Å². The number of aromatic nitrogens is 4. The zero-order valence-corrected chi connectivity index (χ0v) is 20.2. The molecular formula is C31H25N5O. The summed E-state index contributed by atoms with van der Waals surface area (Å²) in [5.74, 6) is 1.41. The number of nitrogens with one attached hydrogen (secondary N) is 2. The summed E-state index contributed by atoms with van der Waals surface area (Å²) in [6.07, 6.45) is 5.19. The summed E-state index contributed by atoms with van der Waals surface area (Å²) in [5.41, 5.74) is 7.29. The van der Waals surface area contributed by atoms with Gasteiger partial charge in [0.1, 0.15) is 5.82 Å². The van der Waals surface area contributed by atoms with E-state index >= 15 is 0 Å². The van der Waals surface area contributed by atoms with Crippen LogP contribution in [0, 0.1) is 0 Å². The molecule has 0 bridgehead atoms. The normalized spacial score (nSPS) is 17.9. The fourth-order valence-electron chi connectivity index (χ4n) is 5.67. The summed E-state index contributed by atoms with van der Waals surface area (Å²) in [6.45, 7) is 0. The topological polar surface area (TPSA) is 75.1 Å². The van der Waals surface area contributed by atoms with Gasteiger partial charge in [0.2, 0.25) is 5.78 Å². The van der Waals surface area contributed by atoms with Crippen molar-refractivity contribution in [2.75, 3.05) is 5.32 Å². The van der Waals surface area contributed by atoms with E-state index in [1.165, 1.54) is 16.7 Å². The summed E-state index contributed by atoms with van der Waals surface area (Å²) in [7, 11) is 0. The highest BCUT2D eigenvalue weighted by molar-refractivity contribution is 5.72. The molecule has 2 N–H and O–H groups in total. The molecule has 0 radical (unpaired) electrons. The van der Waals surface area contributed by atoms with Gasteiger partial charge in [0.05, 0.1) is 5.56 Å². The average molecular weight is 484 g/mol. The van der Waals surface area contributed by atoms with Crippen LogP contribution in [0.4, 0.5) is 5.82 Å². The van der Waals surface area contributed by atoms with Gasteiger partial charge in [0, 0.05) is 17.2 Å². The van der Waals surface area contributed by atoms with Crippen LogP contribution in [0.1, 0.15) is 41.9 Å². The van der Waals surface area contributed by atoms with E-state index in [-0.39, 0.29) is 11.5 Å². The zero-order chi connectivity index (χ0) is 24.8. The van der Waals surface area contributed by atoms with Gasteiger partial charge in [-0.1, -0.05) is 91.0 Å². The van der Waals surface area contributed by atoms with Gasteiger partial charge in [-0.15, -0.1) is 0 Å². The number of fused-ring (bicyclic) bond motifs is 2. The summed E-state index contributed by atoms with van der Waals surface area (Å²) >= 11 is 0. The summed E-state index contributed by atoms with van der Waals surface area (Å²) in [4.78, 5) is 19.1. The number of hydrogen-bond acceptors (Lipinski definition) is 4. The van der Waals surface area contributed by atoms with Gasteiger partial charge in [-0.3, -0.25) is 4.79 Å². The van der Waals surface area contributed by atoms with Crippen molar-refractivity contribution in [2.45, 2.75) is 25.2 Å². The SMILES string of the molecule is O=c1c2c(nc3[nH]nc(-c4ccccc4)n13)NC1=C(CCC/C1=C\c1ccccc1)C2c1ccccc1. The van der Waals surface area contributed by atoms with Gasteiger partial charge in [-0.05, 0) is 47.6 Å². The van der Waals surface area contributed by atoms with Crippen LogP contribution < -0.4 is 10.9 Å². The number of H-pyrrole nitrogens is 1. The second kappa shape index (κ2) is 8.75. The Kier molecular flexibility index (Phi) is 5.10. The molecule has 6 heteroatoms. The summed E-state index contributed by atoms with van der Waals surface area (Å²) in [6, 6.07) is 30.5. The Hall–Kier alpha value is -4.71. The molecule has 6 nitrogen and oxygen atoms in total. The molecule has 0 amide bonds. The molecule has 5 aromatic rings. The third-order valence-electron chi connectivity index (χ3n) is 7.31. The van der Waals surface area contributed by atoms with Gasteiger partial charge in [0.25, 0.3) is 5.56 Å². The third-order valence-corrected chi connectivity index (χ3v) is 7.31. The third kappa shape index (κ3) is 3.61.